The molecule has 0 saturated heterocycles. The molecule has 3 aromatic rings. The van der Waals surface area contributed by atoms with Gasteiger partial charge < -0.3 is 14.8 Å². The molecule has 25 heavy (non-hydrogen) atoms. The van der Waals surface area contributed by atoms with Crippen LogP contribution in [0.15, 0.2) is 36.7 Å². The van der Waals surface area contributed by atoms with Crippen LogP contribution >= 0.6 is 0 Å². The second kappa shape index (κ2) is 7.94. The predicted molar refractivity (Wildman–Crippen MR) is 95.9 cm³/mol. The Morgan fingerprint density at radius 1 is 1.28 bits per heavy atom. The van der Waals surface area contributed by atoms with Crippen molar-refractivity contribution in [2.24, 2.45) is 0 Å². The van der Waals surface area contributed by atoms with E-state index in [0.717, 1.165) is 29.2 Å². The van der Waals surface area contributed by atoms with Crippen molar-refractivity contribution >= 4 is 11.6 Å². The SMILES string of the molecule is CCC(CNc1cc(COC)nc2ncnn12)Oc1ccccc1C. The van der Waals surface area contributed by atoms with Crippen molar-refractivity contribution in [3.05, 3.63) is 47.9 Å². The van der Waals surface area contributed by atoms with Gasteiger partial charge in [-0.25, -0.2) is 4.98 Å². The fraction of sp³-hybridized carbons (Fsp3) is 0.389. The predicted octanol–water partition coefficient (Wildman–Crippen LogP) is 2.85. The minimum absolute atomic E-state index is 0.0405. The fourth-order valence-corrected chi connectivity index (χ4v) is 2.56. The minimum atomic E-state index is 0.0405. The van der Waals surface area contributed by atoms with Crippen LogP contribution in [0.25, 0.3) is 5.78 Å². The van der Waals surface area contributed by atoms with Crippen molar-refractivity contribution in [2.75, 3.05) is 19.0 Å². The molecule has 1 atom stereocenters. The smallest absolute Gasteiger partial charge is 0.254 e. The molecule has 0 fully saturated rings. The Morgan fingerprint density at radius 2 is 2.12 bits per heavy atom. The van der Waals surface area contributed by atoms with Gasteiger partial charge in [-0.1, -0.05) is 25.1 Å². The maximum atomic E-state index is 6.14. The van der Waals surface area contributed by atoms with E-state index in [1.54, 1.807) is 11.6 Å². The quantitative estimate of drug-likeness (QED) is 0.679. The molecular formula is C18H23N5O2. The van der Waals surface area contributed by atoms with E-state index in [4.69, 9.17) is 9.47 Å². The highest BCUT2D eigenvalue weighted by molar-refractivity contribution is 5.45. The van der Waals surface area contributed by atoms with Crippen LogP contribution in [0, 0.1) is 6.92 Å². The summed E-state index contributed by atoms with van der Waals surface area (Å²) in [7, 11) is 1.64. The highest BCUT2D eigenvalue weighted by Crippen LogP contribution is 2.19. The van der Waals surface area contributed by atoms with Gasteiger partial charge in [0.2, 0.25) is 0 Å². The molecule has 0 bridgehead atoms. The first kappa shape index (κ1) is 17.2. The molecule has 2 aromatic heterocycles. The summed E-state index contributed by atoms with van der Waals surface area (Å²) in [4.78, 5) is 8.57. The van der Waals surface area contributed by atoms with Crippen LogP contribution in [0.4, 0.5) is 5.82 Å². The summed E-state index contributed by atoms with van der Waals surface area (Å²) in [5.41, 5.74) is 1.93. The zero-order chi connectivity index (χ0) is 17.6. The average Bonchev–Trinajstić information content (AvgIpc) is 3.09. The fourth-order valence-electron chi connectivity index (χ4n) is 2.56. The molecule has 3 rings (SSSR count). The number of anilines is 1. The minimum Gasteiger partial charge on any atom is -0.488 e. The number of ether oxygens (including phenoxy) is 2. The number of rotatable bonds is 8. The largest absolute Gasteiger partial charge is 0.488 e. The molecule has 0 aliphatic rings. The summed E-state index contributed by atoms with van der Waals surface area (Å²) in [6.45, 7) is 5.23. The van der Waals surface area contributed by atoms with Gasteiger partial charge in [0.15, 0.2) is 0 Å². The maximum absolute atomic E-state index is 6.14. The summed E-state index contributed by atoms with van der Waals surface area (Å²) >= 11 is 0. The van der Waals surface area contributed by atoms with Crippen LogP contribution in [-0.4, -0.2) is 39.3 Å². The highest BCUT2D eigenvalue weighted by atomic mass is 16.5. The molecular weight excluding hydrogens is 318 g/mol. The van der Waals surface area contributed by atoms with E-state index >= 15 is 0 Å². The van der Waals surface area contributed by atoms with Crippen molar-refractivity contribution in [1.29, 1.82) is 0 Å². The number of methoxy groups -OCH3 is 1. The van der Waals surface area contributed by atoms with Gasteiger partial charge in [-0.05, 0) is 25.0 Å². The molecule has 7 heteroatoms. The molecule has 1 N–H and O–H groups in total. The first-order chi connectivity index (χ1) is 12.2. The number of aromatic nitrogens is 4. The number of hydrogen-bond acceptors (Lipinski definition) is 6. The maximum Gasteiger partial charge on any atom is 0.254 e. The van der Waals surface area contributed by atoms with Gasteiger partial charge in [0, 0.05) is 13.2 Å². The molecule has 0 aliphatic carbocycles. The average molecular weight is 341 g/mol. The number of aryl methyl sites for hydroxylation is 1. The Balaban J connectivity index is 1.74. The Kier molecular flexibility index (Phi) is 5.45. The zero-order valence-electron chi connectivity index (χ0n) is 14.8. The second-order valence-corrected chi connectivity index (χ2v) is 5.83. The molecule has 0 radical (unpaired) electrons. The first-order valence-corrected chi connectivity index (χ1v) is 8.36. The van der Waals surface area contributed by atoms with Crippen LogP contribution in [0.5, 0.6) is 5.75 Å². The Bertz CT molecular complexity index is 833. The number of nitrogens with zero attached hydrogens (tertiary/aromatic N) is 4. The lowest BCUT2D eigenvalue weighted by Crippen LogP contribution is -2.26. The normalized spacial score (nSPS) is 12.3. The summed E-state index contributed by atoms with van der Waals surface area (Å²) < 4.78 is 13.0. The van der Waals surface area contributed by atoms with Crippen LogP contribution in [0.1, 0.15) is 24.6 Å². The van der Waals surface area contributed by atoms with Gasteiger partial charge in [-0.15, -0.1) is 0 Å². The van der Waals surface area contributed by atoms with E-state index in [-0.39, 0.29) is 6.10 Å². The van der Waals surface area contributed by atoms with Gasteiger partial charge in [0.05, 0.1) is 18.8 Å². The lowest BCUT2D eigenvalue weighted by atomic mass is 10.2. The van der Waals surface area contributed by atoms with Crippen molar-refractivity contribution < 1.29 is 9.47 Å². The van der Waals surface area contributed by atoms with Gasteiger partial charge >= 0.3 is 0 Å². The van der Waals surface area contributed by atoms with Crippen LogP contribution in [0.2, 0.25) is 0 Å². The van der Waals surface area contributed by atoms with Crippen LogP contribution in [0.3, 0.4) is 0 Å². The van der Waals surface area contributed by atoms with Crippen molar-refractivity contribution in [2.45, 2.75) is 33.0 Å². The van der Waals surface area contributed by atoms with Crippen molar-refractivity contribution in [3.8, 4) is 5.75 Å². The summed E-state index contributed by atoms with van der Waals surface area (Å²) in [6, 6.07) is 9.97. The van der Waals surface area contributed by atoms with Crippen LogP contribution in [-0.2, 0) is 11.3 Å². The van der Waals surface area contributed by atoms with E-state index in [2.05, 4.69) is 27.3 Å². The lowest BCUT2D eigenvalue weighted by molar-refractivity contribution is 0.181. The van der Waals surface area contributed by atoms with E-state index in [1.165, 1.54) is 6.33 Å². The van der Waals surface area contributed by atoms with Gasteiger partial charge in [-0.2, -0.15) is 14.6 Å². The first-order valence-electron chi connectivity index (χ1n) is 8.36. The molecule has 1 aromatic carbocycles. The summed E-state index contributed by atoms with van der Waals surface area (Å²) in [5.74, 6) is 2.28. The summed E-state index contributed by atoms with van der Waals surface area (Å²) in [6.07, 6.45) is 2.42. The van der Waals surface area contributed by atoms with Gasteiger partial charge in [0.1, 0.15) is 24.0 Å². The number of nitrogens with one attached hydrogen (secondary N) is 1. The van der Waals surface area contributed by atoms with E-state index in [9.17, 15) is 0 Å². The highest BCUT2D eigenvalue weighted by Gasteiger charge is 2.12. The topological polar surface area (TPSA) is 73.6 Å². The number of hydrogen-bond donors (Lipinski definition) is 1. The second-order valence-electron chi connectivity index (χ2n) is 5.83. The monoisotopic (exact) mass is 341 g/mol. The zero-order valence-corrected chi connectivity index (χ0v) is 14.8. The third-order valence-electron chi connectivity index (χ3n) is 3.95. The van der Waals surface area contributed by atoms with Crippen molar-refractivity contribution in [3.63, 3.8) is 0 Å². The van der Waals surface area contributed by atoms with E-state index in [0.29, 0.717) is 18.9 Å². The standard InChI is InChI=1S/C18H23N5O2/c1-4-15(25-16-8-6-5-7-13(16)2)10-19-17-9-14(11-24-3)22-18-20-12-21-23(17)18/h5-9,12,15,19H,4,10-11H2,1-3H3. The van der Waals surface area contributed by atoms with Gasteiger partial charge in [0.25, 0.3) is 5.78 Å². The molecule has 2 heterocycles. The molecule has 7 nitrogen and oxygen atoms in total. The van der Waals surface area contributed by atoms with Gasteiger partial charge in [-0.3, -0.25) is 0 Å². The molecule has 0 spiro atoms. The summed E-state index contributed by atoms with van der Waals surface area (Å²) in [5, 5.41) is 7.62. The third kappa shape index (κ3) is 4.06. The Hall–Kier alpha value is -2.67. The molecule has 0 saturated carbocycles. The lowest BCUT2D eigenvalue weighted by Gasteiger charge is -2.20. The molecule has 0 aliphatic heterocycles. The molecule has 0 amide bonds. The number of fused-ring (bicyclic) bond motifs is 1. The Labute approximate surface area is 147 Å². The molecule has 132 valence electrons. The van der Waals surface area contributed by atoms with E-state index < -0.39 is 0 Å². The number of benzene rings is 1. The third-order valence-corrected chi connectivity index (χ3v) is 3.95. The van der Waals surface area contributed by atoms with Crippen LogP contribution < -0.4 is 10.1 Å². The molecule has 1 unspecified atom stereocenters. The van der Waals surface area contributed by atoms with Crippen molar-refractivity contribution in [1.82, 2.24) is 19.6 Å². The Morgan fingerprint density at radius 3 is 2.88 bits per heavy atom. The number of para-hydroxylation sites is 1. The van der Waals surface area contributed by atoms with E-state index in [1.807, 2.05) is 37.3 Å².